The Kier molecular flexibility index (Phi) is 7.64. The first-order valence-corrected chi connectivity index (χ1v) is 15.3. The van der Waals surface area contributed by atoms with E-state index in [1.165, 1.54) is 12.1 Å². The number of aliphatic carboxylic acids is 1. The highest BCUT2D eigenvalue weighted by molar-refractivity contribution is 6.58. The van der Waals surface area contributed by atoms with E-state index >= 15 is 0 Å². The Morgan fingerprint density at radius 1 is 1.04 bits per heavy atom. The predicted molar refractivity (Wildman–Crippen MR) is 162 cm³/mol. The van der Waals surface area contributed by atoms with Crippen molar-refractivity contribution in [3.63, 3.8) is 0 Å². The summed E-state index contributed by atoms with van der Waals surface area (Å²) in [6.45, 7) is 3.66. The number of hydrogen-bond donors (Lipinski definition) is 2. The van der Waals surface area contributed by atoms with Gasteiger partial charge in [0.1, 0.15) is 11.6 Å². The minimum absolute atomic E-state index is 0.0517. The molecule has 6 rings (SSSR count). The van der Waals surface area contributed by atoms with Gasteiger partial charge in [-0.05, 0) is 61.4 Å². The fourth-order valence-electron chi connectivity index (χ4n) is 7.58. The monoisotopic (exact) mass is 654 g/mol. The summed E-state index contributed by atoms with van der Waals surface area (Å²) in [5.41, 5.74) is 1.27. The Balaban J connectivity index is 1.51. The van der Waals surface area contributed by atoms with Crippen LogP contribution in [0.2, 0.25) is 0 Å². The van der Waals surface area contributed by atoms with Gasteiger partial charge < -0.3 is 10.2 Å². The maximum absolute atomic E-state index is 14.4. The standard InChI is InChI=1S/C33H29Cl2FN2O7/c1-2-5-17-6-3-7-22(27(17)41)26-20-13-14-21-25(29(43)37(28(21)42)15-4-8-24(39)40)23(20)16-32(34)30(44)38(31(45)33(26,32)35)19-11-9-18(36)10-12-19/h2-3,6-7,9-13,21,23,25-26,41H,1,4-5,8,14-16H2,(H,39,40). The minimum atomic E-state index is -2.17. The summed E-state index contributed by atoms with van der Waals surface area (Å²) in [6, 6.07) is 9.65. The number of carboxylic acid groups (broad SMARTS) is 1. The maximum atomic E-state index is 14.4. The number of likely N-dealkylation sites (tertiary alicyclic amines) is 1. The predicted octanol–water partition coefficient (Wildman–Crippen LogP) is 4.69. The molecule has 4 aliphatic rings. The highest BCUT2D eigenvalue weighted by Gasteiger charge is 2.76. The van der Waals surface area contributed by atoms with Gasteiger partial charge in [-0.25, -0.2) is 9.29 Å². The largest absolute Gasteiger partial charge is 0.507 e. The minimum Gasteiger partial charge on any atom is -0.507 e. The van der Waals surface area contributed by atoms with Crippen molar-refractivity contribution in [1.29, 1.82) is 0 Å². The summed E-state index contributed by atoms with van der Waals surface area (Å²) >= 11 is 14.6. The van der Waals surface area contributed by atoms with Crippen molar-refractivity contribution in [2.45, 2.75) is 47.8 Å². The molecule has 6 unspecified atom stereocenters. The van der Waals surface area contributed by atoms with Crippen LogP contribution >= 0.6 is 23.2 Å². The molecule has 2 aromatic rings. The zero-order valence-electron chi connectivity index (χ0n) is 23.9. The number of amides is 4. The summed E-state index contributed by atoms with van der Waals surface area (Å²) in [5.74, 6) is -8.20. The third-order valence-electron chi connectivity index (χ3n) is 9.59. The van der Waals surface area contributed by atoms with Crippen LogP contribution in [0.3, 0.4) is 0 Å². The van der Waals surface area contributed by atoms with Crippen molar-refractivity contribution >= 4 is 58.5 Å². The number of phenols is 1. The van der Waals surface area contributed by atoms with Crippen LogP contribution < -0.4 is 4.90 Å². The molecule has 0 bridgehead atoms. The molecule has 6 atom stereocenters. The van der Waals surface area contributed by atoms with Crippen LogP contribution in [0, 0.1) is 23.6 Å². The topological polar surface area (TPSA) is 132 Å². The third kappa shape index (κ3) is 4.44. The molecule has 234 valence electrons. The highest BCUT2D eigenvalue weighted by atomic mass is 35.5. The van der Waals surface area contributed by atoms with E-state index in [9.17, 15) is 33.5 Å². The summed E-state index contributed by atoms with van der Waals surface area (Å²) in [4.78, 5) is 64.6. The smallest absolute Gasteiger partial charge is 0.303 e. The number of aromatic hydroxyl groups is 1. The van der Waals surface area contributed by atoms with E-state index in [4.69, 9.17) is 28.3 Å². The number of nitrogens with zero attached hydrogens (tertiary/aromatic N) is 2. The number of anilines is 1. The van der Waals surface area contributed by atoms with E-state index < -0.39 is 68.8 Å². The number of phenolic OH excluding ortho intramolecular Hbond substituents is 1. The van der Waals surface area contributed by atoms with E-state index in [2.05, 4.69) is 6.58 Å². The molecular weight excluding hydrogens is 626 g/mol. The highest BCUT2D eigenvalue weighted by Crippen LogP contribution is 2.66. The number of allylic oxidation sites excluding steroid dienone is 3. The lowest BCUT2D eigenvalue weighted by atomic mass is 9.56. The van der Waals surface area contributed by atoms with Crippen LogP contribution in [0.5, 0.6) is 5.75 Å². The number of carbonyl (C=O) groups is 5. The number of halogens is 3. The van der Waals surface area contributed by atoms with Crippen LogP contribution in [0.15, 0.2) is 66.8 Å². The molecule has 3 fully saturated rings. The maximum Gasteiger partial charge on any atom is 0.303 e. The van der Waals surface area contributed by atoms with Crippen molar-refractivity contribution in [3.8, 4) is 5.75 Å². The average Bonchev–Trinajstić information content (AvgIpc) is 3.33. The van der Waals surface area contributed by atoms with E-state index in [0.717, 1.165) is 21.9 Å². The molecule has 0 aromatic heterocycles. The van der Waals surface area contributed by atoms with Crippen molar-refractivity contribution in [2.75, 3.05) is 11.4 Å². The summed E-state index contributed by atoms with van der Waals surface area (Å²) in [6.07, 6.45) is 3.35. The van der Waals surface area contributed by atoms with Crippen molar-refractivity contribution in [2.24, 2.45) is 17.8 Å². The molecule has 2 saturated heterocycles. The second-order valence-electron chi connectivity index (χ2n) is 11.9. The van der Waals surface area contributed by atoms with Crippen molar-refractivity contribution < 1.29 is 38.6 Å². The summed E-state index contributed by atoms with van der Waals surface area (Å²) < 4.78 is 13.8. The summed E-state index contributed by atoms with van der Waals surface area (Å²) in [7, 11) is 0. The number of fused-ring (bicyclic) bond motifs is 4. The lowest BCUT2D eigenvalue weighted by Crippen LogP contribution is -2.60. The summed E-state index contributed by atoms with van der Waals surface area (Å²) in [5, 5.41) is 20.6. The molecule has 2 aliphatic heterocycles. The van der Waals surface area contributed by atoms with Gasteiger partial charge in [0.15, 0.2) is 9.75 Å². The molecule has 12 heteroatoms. The number of imide groups is 2. The Morgan fingerprint density at radius 2 is 1.76 bits per heavy atom. The zero-order chi connectivity index (χ0) is 32.4. The van der Waals surface area contributed by atoms with E-state index in [-0.39, 0.29) is 55.6 Å². The van der Waals surface area contributed by atoms with E-state index in [1.54, 1.807) is 30.4 Å². The molecule has 9 nitrogen and oxygen atoms in total. The van der Waals surface area contributed by atoms with Gasteiger partial charge in [0.05, 0.1) is 17.5 Å². The van der Waals surface area contributed by atoms with E-state index in [1.807, 2.05) is 0 Å². The Labute approximate surface area is 267 Å². The van der Waals surface area contributed by atoms with Gasteiger partial charge in [-0.15, -0.1) is 29.8 Å². The van der Waals surface area contributed by atoms with Crippen LogP contribution in [0.1, 0.15) is 42.7 Å². The first-order valence-electron chi connectivity index (χ1n) is 14.6. The molecule has 45 heavy (non-hydrogen) atoms. The van der Waals surface area contributed by atoms with Crippen LogP contribution in [-0.2, 0) is 30.4 Å². The van der Waals surface area contributed by atoms with Crippen molar-refractivity contribution in [1.82, 2.24) is 4.90 Å². The Bertz CT molecular complexity index is 1690. The van der Waals surface area contributed by atoms with Crippen LogP contribution in [0.4, 0.5) is 10.1 Å². The van der Waals surface area contributed by atoms with Gasteiger partial charge in [-0.1, -0.05) is 35.9 Å². The number of carbonyl (C=O) groups excluding carboxylic acids is 4. The second kappa shape index (κ2) is 11.1. The molecule has 2 heterocycles. The van der Waals surface area contributed by atoms with Gasteiger partial charge in [-0.2, -0.15) is 0 Å². The SMILES string of the molecule is C=CCc1cccc(C2C3=CCC4C(=O)N(CCCC(=O)O)C(=O)C4C3CC3(Cl)C(=O)N(c4ccc(F)cc4)C(=O)C23Cl)c1O. The lowest BCUT2D eigenvalue weighted by Gasteiger charge is -2.50. The Hall–Kier alpha value is -4.02. The average molecular weight is 656 g/mol. The first kappa shape index (κ1) is 31.0. The molecule has 1 saturated carbocycles. The zero-order valence-corrected chi connectivity index (χ0v) is 25.4. The molecule has 2 aromatic carbocycles. The van der Waals surface area contributed by atoms with Gasteiger partial charge in [0.2, 0.25) is 11.8 Å². The molecule has 2 N–H and O–H groups in total. The Morgan fingerprint density at radius 3 is 2.42 bits per heavy atom. The quantitative estimate of drug-likeness (QED) is 0.240. The van der Waals surface area contributed by atoms with Crippen LogP contribution in [-0.4, -0.2) is 61.0 Å². The fraction of sp³-hybridized carbons (Fsp3) is 0.364. The number of para-hydroxylation sites is 1. The van der Waals surface area contributed by atoms with Gasteiger partial charge in [0, 0.05) is 24.4 Å². The number of rotatable bonds is 8. The second-order valence-corrected chi connectivity index (χ2v) is 13.2. The molecule has 0 spiro atoms. The van der Waals surface area contributed by atoms with E-state index in [0.29, 0.717) is 11.1 Å². The lowest BCUT2D eigenvalue weighted by molar-refractivity contribution is -0.142. The first-order chi connectivity index (χ1) is 21.4. The number of carboxylic acids is 1. The number of benzene rings is 2. The number of alkyl halides is 2. The molecule has 0 radical (unpaired) electrons. The van der Waals surface area contributed by atoms with Gasteiger partial charge in [0.25, 0.3) is 11.8 Å². The normalized spacial score (nSPS) is 30.6. The van der Waals surface area contributed by atoms with Gasteiger partial charge >= 0.3 is 5.97 Å². The molecule has 4 amide bonds. The van der Waals surface area contributed by atoms with Crippen LogP contribution in [0.25, 0.3) is 0 Å². The third-order valence-corrected chi connectivity index (χ3v) is 11.0. The molecule has 2 aliphatic carbocycles. The fourth-order valence-corrected chi connectivity index (χ4v) is 8.51. The van der Waals surface area contributed by atoms with Crippen molar-refractivity contribution in [3.05, 3.63) is 83.7 Å². The van der Waals surface area contributed by atoms with Gasteiger partial charge in [-0.3, -0.25) is 28.9 Å². The molecular formula is C33H29Cl2FN2O7. The number of hydrogen-bond acceptors (Lipinski definition) is 6.